The number of para-hydroxylation sites is 1. The third-order valence-corrected chi connectivity index (χ3v) is 3.25. The van der Waals surface area contributed by atoms with Gasteiger partial charge in [-0.05, 0) is 11.6 Å². The van der Waals surface area contributed by atoms with Crippen molar-refractivity contribution in [2.45, 2.75) is 19.1 Å². The first-order valence-electron chi connectivity index (χ1n) is 6.92. The van der Waals surface area contributed by atoms with Gasteiger partial charge in [-0.2, -0.15) is 0 Å². The summed E-state index contributed by atoms with van der Waals surface area (Å²) in [5, 5.41) is 10.00. The molecule has 5 nitrogen and oxygen atoms in total. The predicted molar refractivity (Wildman–Crippen MR) is 82.6 cm³/mol. The monoisotopic (exact) mass is 301 g/mol. The van der Waals surface area contributed by atoms with E-state index in [-0.39, 0.29) is 12.2 Å². The maximum atomic E-state index is 11.4. The molecule has 2 rings (SSSR count). The summed E-state index contributed by atoms with van der Waals surface area (Å²) in [6.45, 7) is 0.318. The number of hydrogen-bond acceptors (Lipinski definition) is 5. The normalized spacial score (nSPS) is 11.7. The number of nitrogens with two attached hydrogens (primary N) is 1. The minimum atomic E-state index is -0.800. The lowest BCUT2D eigenvalue weighted by atomic mass is 10.0. The van der Waals surface area contributed by atoms with Crippen LogP contribution in [0.25, 0.3) is 0 Å². The highest BCUT2D eigenvalue weighted by molar-refractivity contribution is 5.76. The Kier molecular flexibility index (Phi) is 5.38. The topological polar surface area (TPSA) is 81.8 Å². The molecule has 5 heteroatoms. The molecule has 0 aliphatic carbocycles. The van der Waals surface area contributed by atoms with Gasteiger partial charge in [0.05, 0.1) is 7.11 Å². The molecule has 0 aromatic heterocycles. The van der Waals surface area contributed by atoms with Crippen molar-refractivity contribution in [3.63, 3.8) is 0 Å². The molecule has 0 heterocycles. The maximum Gasteiger partial charge on any atom is 0.322 e. The first-order valence-corrected chi connectivity index (χ1v) is 6.92. The van der Waals surface area contributed by atoms with Crippen LogP contribution in [0.3, 0.4) is 0 Å². The number of aromatic hydroxyl groups is 1. The highest BCUT2D eigenvalue weighted by atomic mass is 16.5. The molecule has 22 heavy (non-hydrogen) atoms. The zero-order valence-electron chi connectivity index (χ0n) is 12.4. The van der Waals surface area contributed by atoms with E-state index < -0.39 is 12.0 Å². The Morgan fingerprint density at radius 1 is 1.18 bits per heavy atom. The van der Waals surface area contributed by atoms with Gasteiger partial charge in [-0.15, -0.1) is 0 Å². The van der Waals surface area contributed by atoms with Gasteiger partial charge in [0.1, 0.15) is 12.6 Å². The lowest BCUT2D eigenvalue weighted by molar-refractivity contribution is -0.142. The summed E-state index contributed by atoms with van der Waals surface area (Å²) in [7, 11) is 1.29. The molecule has 2 aromatic carbocycles. The zero-order valence-corrected chi connectivity index (χ0v) is 12.4. The number of phenolic OH excluding ortho intramolecular Hbond substituents is 1. The number of methoxy groups -OCH3 is 1. The number of carbonyl (C=O) groups is 1. The highest BCUT2D eigenvalue weighted by Crippen LogP contribution is 2.31. The van der Waals surface area contributed by atoms with Crippen LogP contribution in [0.4, 0.5) is 0 Å². The number of carbonyl (C=O) groups excluding carboxylic acids is 1. The molecular weight excluding hydrogens is 282 g/mol. The second-order valence-corrected chi connectivity index (χ2v) is 4.87. The van der Waals surface area contributed by atoms with Crippen LogP contribution in [0.2, 0.25) is 0 Å². The molecule has 0 aliphatic heterocycles. The summed E-state index contributed by atoms with van der Waals surface area (Å²) in [5.41, 5.74) is 7.42. The van der Waals surface area contributed by atoms with E-state index >= 15 is 0 Å². The summed E-state index contributed by atoms with van der Waals surface area (Å²) < 4.78 is 10.3. The third-order valence-electron chi connectivity index (χ3n) is 3.25. The van der Waals surface area contributed by atoms with Crippen LogP contribution in [0.5, 0.6) is 11.5 Å². The fraction of sp³-hybridized carbons (Fsp3) is 0.235. The van der Waals surface area contributed by atoms with E-state index in [1.54, 1.807) is 12.1 Å². The van der Waals surface area contributed by atoms with Gasteiger partial charge >= 0.3 is 5.97 Å². The molecule has 0 saturated heterocycles. The molecule has 0 amide bonds. The van der Waals surface area contributed by atoms with Crippen LogP contribution >= 0.6 is 0 Å². The van der Waals surface area contributed by atoms with Crippen molar-refractivity contribution < 1.29 is 19.4 Å². The maximum absolute atomic E-state index is 11.4. The van der Waals surface area contributed by atoms with Crippen LogP contribution < -0.4 is 10.5 Å². The second kappa shape index (κ2) is 7.47. The first kappa shape index (κ1) is 15.9. The van der Waals surface area contributed by atoms with E-state index in [2.05, 4.69) is 4.74 Å². The van der Waals surface area contributed by atoms with E-state index in [0.29, 0.717) is 17.9 Å². The number of esters is 1. The molecule has 0 spiro atoms. The van der Waals surface area contributed by atoms with Crippen LogP contribution in [0, 0.1) is 0 Å². The third kappa shape index (κ3) is 3.99. The van der Waals surface area contributed by atoms with E-state index in [9.17, 15) is 9.90 Å². The summed E-state index contributed by atoms with van der Waals surface area (Å²) in [6, 6.07) is 13.8. The van der Waals surface area contributed by atoms with Crippen LogP contribution in [-0.2, 0) is 22.6 Å². The van der Waals surface area contributed by atoms with Crippen LogP contribution in [0.15, 0.2) is 48.5 Å². The van der Waals surface area contributed by atoms with Gasteiger partial charge in [-0.25, -0.2) is 0 Å². The Bertz CT molecular complexity index is 628. The summed E-state index contributed by atoms with van der Waals surface area (Å²) in [5.74, 6) is -0.145. The van der Waals surface area contributed by atoms with Gasteiger partial charge in [0.15, 0.2) is 11.5 Å². The molecule has 2 aromatic rings. The summed E-state index contributed by atoms with van der Waals surface area (Å²) >= 11 is 0. The largest absolute Gasteiger partial charge is 0.504 e. The zero-order chi connectivity index (χ0) is 15.9. The molecule has 3 N–H and O–H groups in total. The van der Waals surface area contributed by atoms with Crippen LogP contribution in [-0.4, -0.2) is 24.2 Å². The Balaban J connectivity index is 2.14. The van der Waals surface area contributed by atoms with Crippen molar-refractivity contribution >= 4 is 5.97 Å². The van der Waals surface area contributed by atoms with E-state index in [4.69, 9.17) is 10.5 Å². The van der Waals surface area contributed by atoms with Crippen molar-refractivity contribution in [2.24, 2.45) is 5.73 Å². The average Bonchev–Trinajstić information content (AvgIpc) is 2.54. The Morgan fingerprint density at radius 2 is 1.91 bits per heavy atom. The van der Waals surface area contributed by atoms with Gasteiger partial charge < -0.3 is 20.3 Å². The molecular formula is C17H19NO4. The number of rotatable bonds is 6. The smallest absolute Gasteiger partial charge is 0.322 e. The van der Waals surface area contributed by atoms with Crippen molar-refractivity contribution in [3.8, 4) is 11.5 Å². The minimum Gasteiger partial charge on any atom is -0.504 e. The van der Waals surface area contributed by atoms with Gasteiger partial charge in [-0.1, -0.05) is 42.5 Å². The lowest BCUT2D eigenvalue weighted by Crippen LogP contribution is -2.33. The average molecular weight is 301 g/mol. The number of benzene rings is 2. The SMILES string of the molecule is COC(=O)C(N)Cc1cccc(O)c1OCc1ccccc1. The fourth-order valence-corrected chi connectivity index (χ4v) is 2.10. The standard InChI is InChI=1S/C17H19NO4/c1-21-17(20)14(18)10-13-8-5-9-15(19)16(13)22-11-12-6-3-2-4-7-12/h2-9,14,19H,10-11,18H2,1H3. The predicted octanol–water partition coefficient (Wildman–Crippen LogP) is 2.01. The molecule has 1 unspecified atom stereocenters. The van der Waals surface area contributed by atoms with Crippen molar-refractivity contribution in [1.29, 1.82) is 0 Å². The quantitative estimate of drug-likeness (QED) is 0.798. The summed E-state index contributed by atoms with van der Waals surface area (Å²) in [6.07, 6.45) is 0.227. The van der Waals surface area contributed by atoms with Gasteiger partial charge in [0.2, 0.25) is 0 Å². The Morgan fingerprint density at radius 3 is 2.59 bits per heavy atom. The Hall–Kier alpha value is -2.53. The van der Waals surface area contributed by atoms with Gasteiger partial charge in [-0.3, -0.25) is 4.79 Å². The highest BCUT2D eigenvalue weighted by Gasteiger charge is 2.18. The van der Waals surface area contributed by atoms with E-state index in [1.807, 2.05) is 30.3 Å². The Labute approximate surface area is 129 Å². The van der Waals surface area contributed by atoms with Crippen molar-refractivity contribution in [2.75, 3.05) is 7.11 Å². The van der Waals surface area contributed by atoms with E-state index in [0.717, 1.165) is 5.56 Å². The van der Waals surface area contributed by atoms with Crippen LogP contribution in [0.1, 0.15) is 11.1 Å². The number of hydrogen-bond donors (Lipinski definition) is 2. The lowest BCUT2D eigenvalue weighted by Gasteiger charge is -2.15. The second-order valence-electron chi connectivity index (χ2n) is 4.87. The summed E-state index contributed by atoms with van der Waals surface area (Å²) in [4.78, 5) is 11.4. The molecule has 0 fully saturated rings. The van der Waals surface area contributed by atoms with Gasteiger partial charge in [0, 0.05) is 12.0 Å². The molecule has 0 radical (unpaired) electrons. The van der Waals surface area contributed by atoms with Crippen molar-refractivity contribution in [1.82, 2.24) is 0 Å². The van der Waals surface area contributed by atoms with E-state index in [1.165, 1.54) is 13.2 Å². The number of phenols is 1. The van der Waals surface area contributed by atoms with Crippen molar-refractivity contribution in [3.05, 3.63) is 59.7 Å². The first-order chi connectivity index (χ1) is 10.6. The number of ether oxygens (including phenoxy) is 2. The molecule has 0 aliphatic rings. The molecule has 0 saturated carbocycles. The van der Waals surface area contributed by atoms with Gasteiger partial charge in [0.25, 0.3) is 0 Å². The fourth-order valence-electron chi connectivity index (χ4n) is 2.10. The molecule has 1 atom stereocenters. The molecule has 0 bridgehead atoms. The minimum absolute atomic E-state index is 0.0190. The molecule has 116 valence electrons.